The summed E-state index contributed by atoms with van der Waals surface area (Å²) in [5.74, 6) is -0.304. The van der Waals surface area contributed by atoms with Crippen molar-refractivity contribution in [1.29, 1.82) is 0 Å². The van der Waals surface area contributed by atoms with Crippen LogP contribution in [-0.2, 0) is 0 Å². The summed E-state index contributed by atoms with van der Waals surface area (Å²) in [6, 6.07) is 3.61. The van der Waals surface area contributed by atoms with Crippen molar-refractivity contribution in [3.05, 3.63) is 46.4 Å². The smallest absolute Gasteiger partial charge is 0.256 e. The fraction of sp³-hybridized carbons (Fsp3) is 0.400. The van der Waals surface area contributed by atoms with Crippen molar-refractivity contribution in [3.8, 4) is 0 Å². The van der Waals surface area contributed by atoms with E-state index in [-0.39, 0.29) is 16.5 Å². The fourth-order valence-electron chi connectivity index (χ4n) is 2.09. The molecule has 2 rings (SSSR count). The monoisotopic (exact) mass is 325 g/mol. The number of halogens is 2. The van der Waals surface area contributed by atoms with Crippen LogP contribution in [0.1, 0.15) is 48.4 Å². The average Bonchev–Trinajstić information content (AvgIpc) is 2.84. The zero-order valence-electron chi connectivity index (χ0n) is 12.6. The minimum atomic E-state index is -0.671. The molecule has 118 valence electrons. The highest BCUT2D eigenvalue weighted by molar-refractivity contribution is 6.33. The van der Waals surface area contributed by atoms with E-state index in [9.17, 15) is 9.18 Å². The molecule has 1 N–H and O–H groups in total. The lowest BCUT2D eigenvalue weighted by atomic mass is 10.0. The van der Waals surface area contributed by atoms with Crippen LogP contribution in [0.25, 0.3) is 0 Å². The fourth-order valence-corrected chi connectivity index (χ4v) is 2.34. The van der Waals surface area contributed by atoms with Crippen LogP contribution in [-0.4, -0.2) is 16.1 Å². The maximum absolute atomic E-state index is 13.8. The number of aromatic nitrogens is 2. The Morgan fingerprint density at radius 2 is 2.14 bits per heavy atom. The molecule has 0 bridgehead atoms. The quantitative estimate of drug-likeness (QED) is 0.910. The Labute approximate surface area is 132 Å². The van der Waals surface area contributed by atoms with Crippen molar-refractivity contribution in [1.82, 2.24) is 15.5 Å². The largest absolute Gasteiger partial charge is 0.423 e. The molecule has 7 heteroatoms. The number of carbonyl (C=O) groups is 1. The summed E-state index contributed by atoms with van der Waals surface area (Å²) >= 11 is 5.91. The molecule has 2 aromatic rings. The number of aryl methyl sites for hydroxylation is 1. The van der Waals surface area contributed by atoms with E-state index in [0.717, 1.165) is 0 Å². The Bertz CT molecular complexity index is 652. The van der Waals surface area contributed by atoms with E-state index in [2.05, 4.69) is 15.5 Å². The molecule has 1 unspecified atom stereocenters. The molecule has 1 aromatic heterocycles. The lowest BCUT2D eigenvalue weighted by Crippen LogP contribution is -2.30. The third kappa shape index (κ3) is 3.82. The van der Waals surface area contributed by atoms with Crippen molar-refractivity contribution >= 4 is 17.5 Å². The van der Waals surface area contributed by atoms with Gasteiger partial charge in [-0.1, -0.05) is 31.5 Å². The third-order valence-electron chi connectivity index (χ3n) is 3.04. The van der Waals surface area contributed by atoms with Crippen LogP contribution in [0, 0.1) is 18.7 Å². The van der Waals surface area contributed by atoms with Gasteiger partial charge in [-0.15, -0.1) is 10.2 Å². The standard InChI is InChI=1S/C15H17ClFN3O2/c1-8(2)7-12(15-20-19-9(3)22-15)18-14(21)13-10(16)5-4-6-11(13)17/h4-6,8,12H,7H2,1-3H3,(H,18,21). The summed E-state index contributed by atoms with van der Waals surface area (Å²) in [6.45, 7) is 5.66. The Kier molecular flexibility index (Phi) is 5.13. The van der Waals surface area contributed by atoms with Crippen LogP contribution >= 0.6 is 11.6 Å². The van der Waals surface area contributed by atoms with Crippen molar-refractivity contribution in [2.24, 2.45) is 5.92 Å². The van der Waals surface area contributed by atoms with E-state index >= 15 is 0 Å². The lowest BCUT2D eigenvalue weighted by molar-refractivity contribution is 0.0920. The summed E-state index contributed by atoms with van der Waals surface area (Å²) < 4.78 is 19.2. The van der Waals surface area contributed by atoms with Gasteiger partial charge in [0.05, 0.1) is 10.6 Å². The van der Waals surface area contributed by atoms with Crippen LogP contribution < -0.4 is 5.32 Å². The van der Waals surface area contributed by atoms with Gasteiger partial charge in [0, 0.05) is 6.92 Å². The number of rotatable bonds is 5. The van der Waals surface area contributed by atoms with Gasteiger partial charge in [-0.3, -0.25) is 4.79 Å². The van der Waals surface area contributed by atoms with Crippen LogP contribution in [0.15, 0.2) is 22.6 Å². The summed E-state index contributed by atoms with van der Waals surface area (Å²) in [6.07, 6.45) is 0.583. The molecule has 0 aliphatic heterocycles. The molecule has 0 radical (unpaired) electrons. The van der Waals surface area contributed by atoms with Gasteiger partial charge >= 0.3 is 0 Å². The summed E-state index contributed by atoms with van der Waals surface area (Å²) in [5.41, 5.74) is -0.186. The number of nitrogens with one attached hydrogen (secondary N) is 1. The second-order valence-electron chi connectivity index (χ2n) is 5.41. The number of hydrogen-bond acceptors (Lipinski definition) is 4. The Morgan fingerprint density at radius 1 is 1.41 bits per heavy atom. The van der Waals surface area contributed by atoms with Gasteiger partial charge in [0.25, 0.3) is 5.91 Å². The van der Waals surface area contributed by atoms with E-state index in [4.69, 9.17) is 16.0 Å². The van der Waals surface area contributed by atoms with E-state index in [1.165, 1.54) is 18.2 Å². The molecular weight excluding hydrogens is 309 g/mol. The third-order valence-corrected chi connectivity index (χ3v) is 3.36. The molecule has 1 atom stereocenters. The number of carbonyl (C=O) groups excluding carboxylic acids is 1. The molecular formula is C15H17ClFN3O2. The topological polar surface area (TPSA) is 68.0 Å². The predicted molar refractivity (Wildman–Crippen MR) is 80.1 cm³/mol. The SMILES string of the molecule is Cc1nnc(C(CC(C)C)NC(=O)c2c(F)cccc2Cl)o1. The molecule has 0 fully saturated rings. The van der Waals surface area contributed by atoms with Gasteiger partial charge in [-0.05, 0) is 24.5 Å². The zero-order valence-corrected chi connectivity index (χ0v) is 13.3. The molecule has 22 heavy (non-hydrogen) atoms. The van der Waals surface area contributed by atoms with Gasteiger partial charge in [0.15, 0.2) is 0 Å². The zero-order chi connectivity index (χ0) is 16.3. The highest BCUT2D eigenvalue weighted by Gasteiger charge is 2.24. The number of amides is 1. The Hall–Kier alpha value is -1.95. The summed E-state index contributed by atoms with van der Waals surface area (Å²) in [4.78, 5) is 12.3. The molecule has 0 saturated heterocycles. The molecule has 0 saturated carbocycles. The number of hydrogen-bond donors (Lipinski definition) is 1. The normalized spacial score (nSPS) is 12.5. The maximum atomic E-state index is 13.8. The molecule has 0 aliphatic rings. The van der Waals surface area contributed by atoms with Crippen LogP contribution in [0.5, 0.6) is 0 Å². The summed E-state index contributed by atoms with van der Waals surface area (Å²) in [5, 5.41) is 10.5. The second-order valence-corrected chi connectivity index (χ2v) is 5.82. The van der Waals surface area contributed by atoms with Crippen molar-refractivity contribution in [2.75, 3.05) is 0 Å². The van der Waals surface area contributed by atoms with E-state index in [1.54, 1.807) is 6.92 Å². The highest BCUT2D eigenvalue weighted by Crippen LogP contribution is 2.23. The molecule has 1 amide bonds. The highest BCUT2D eigenvalue weighted by atomic mass is 35.5. The van der Waals surface area contributed by atoms with Gasteiger partial charge in [0.1, 0.15) is 11.9 Å². The number of benzene rings is 1. The van der Waals surface area contributed by atoms with Gasteiger partial charge < -0.3 is 9.73 Å². The van der Waals surface area contributed by atoms with Crippen molar-refractivity contribution in [3.63, 3.8) is 0 Å². The van der Waals surface area contributed by atoms with E-state index < -0.39 is 17.8 Å². The average molecular weight is 326 g/mol. The minimum absolute atomic E-state index is 0.0579. The summed E-state index contributed by atoms with van der Waals surface area (Å²) in [7, 11) is 0. The first kappa shape index (κ1) is 16.4. The molecule has 5 nitrogen and oxygen atoms in total. The Balaban J connectivity index is 2.25. The minimum Gasteiger partial charge on any atom is -0.423 e. The molecule has 0 spiro atoms. The maximum Gasteiger partial charge on any atom is 0.256 e. The number of nitrogens with zero attached hydrogens (tertiary/aromatic N) is 2. The molecule has 1 aromatic carbocycles. The predicted octanol–water partition coefficient (Wildman–Crippen LogP) is 3.69. The first-order valence-electron chi connectivity index (χ1n) is 6.93. The van der Waals surface area contributed by atoms with Gasteiger partial charge in [-0.2, -0.15) is 0 Å². The first-order chi connectivity index (χ1) is 10.4. The van der Waals surface area contributed by atoms with Crippen LogP contribution in [0.2, 0.25) is 5.02 Å². The van der Waals surface area contributed by atoms with E-state index in [1.807, 2.05) is 13.8 Å². The van der Waals surface area contributed by atoms with Gasteiger partial charge in [0.2, 0.25) is 11.8 Å². The molecule has 1 heterocycles. The lowest BCUT2D eigenvalue weighted by Gasteiger charge is -2.17. The van der Waals surface area contributed by atoms with Crippen LogP contribution in [0.3, 0.4) is 0 Å². The van der Waals surface area contributed by atoms with Crippen molar-refractivity contribution < 1.29 is 13.6 Å². The van der Waals surface area contributed by atoms with E-state index in [0.29, 0.717) is 18.2 Å². The van der Waals surface area contributed by atoms with Gasteiger partial charge in [-0.25, -0.2) is 4.39 Å². The second kappa shape index (κ2) is 6.87. The van der Waals surface area contributed by atoms with Crippen molar-refractivity contribution in [2.45, 2.75) is 33.2 Å². The van der Waals surface area contributed by atoms with Crippen LogP contribution in [0.4, 0.5) is 4.39 Å². The first-order valence-corrected chi connectivity index (χ1v) is 7.31. The molecule has 0 aliphatic carbocycles. The Morgan fingerprint density at radius 3 is 2.68 bits per heavy atom.